The third-order valence-electron chi connectivity index (χ3n) is 4.64. The highest BCUT2D eigenvalue weighted by molar-refractivity contribution is 5.91. The summed E-state index contributed by atoms with van der Waals surface area (Å²) in [6.07, 6.45) is 1.77. The molecule has 1 amide bonds. The summed E-state index contributed by atoms with van der Waals surface area (Å²) in [6, 6.07) is 7.54. The number of carbonyl (C=O) groups is 2. The Morgan fingerprint density at radius 2 is 2.19 bits per heavy atom. The smallest absolute Gasteiger partial charge is 0.328 e. The molecule has 1 N–H and O–H groups in total. The molecule has 0 aliphatic carbocycles. The van der Waals surface area contributed by atoms with Crippen LogP contribution < -0.4 is 0 Å². The van der Waals surface area contributed by atoms with Gasteiger partial charge in [-0.3, -0.25) is 4.79 Å². The van der Waals surface area contributed by atoms with Gasteiger partial charge in [0.05, 0.1) is 13.2 Å². The number of rotatable bonds is 1. The highest BCUT2D eigenvalue weighted by atomic mass is 16.5. The predicted molar refractivity (Wildman–Crippen MR) is 76.6 cm³/mol. The van der Waals surface area contributed by atoms with E-state index in [1.165, 1.54) is 7.11 Å². The van der Waals surface area contributed by atoms with Gasteiger partial charge in [-0.25, -0.2) is 4.79 Å². The molecule has 5 heteroatoms. The Morgan fingerprint density at radius 3 is 3.00 bits per heavy atom. The molecule has 21 heavy (non-hydrogen) atoms. The molecule has 0 saturated carbocycles. The zero-order valence-electron chi connectivity index (χ0n) is 11.8. The van der Waals surface area contributed by atoms with Crippen LogP contribution in [0.2, 0.25) is 0 Å². The average molecular weight is 284 g/mol. The van der Waals surface area contributed by atoms with Gasteiger partial charge in [0.2, 0.25) is 5.91 Å². The molecule has 1 fully saturated rings. The molecule has 2 aliphatic heterocycles. The molecule has 1 unspecified atom stereocenters. The maximum atomic E-state index is 12.2. The molecule has 0 spiro atoms. The molecule has 1 saturated heterocycles. The van der Waals surface area contributed by atoms with E-state index in [9.17, 15) is 9.59 Å². The Bertz CT molecular complexity index is 749. The number of nitrogens with one attached hydrogen (secondary N) is 1. The van der Waals surface area contributed by atoms with Crippen molar-refractivity contribution in [1.82, 2.24) is 9.88 Å². The molecule has 0 radical (unpaired) electrons. The summed E-state index contributed by atoms with van der Waals surface area (Å²) in [6.45, 7) is 0. The number of ether oxygens (including phenoxy) is 1. The summed E-state index contributed by atoms with van der Waals surface area (Å²) in [5.74, 6) is -0.286. The Balaban J connectivity index is 1.90. The maximum absolute atomic E-state index is 12.2. The topological polar surface area (TPSA) is 62.4 Å². The molecule has 108 valence electrons. The van der Waals surface area contributed by atoms with Crippen LogP contribution in [0.1, 0.15) is 30.1 Å². The van der Waals surface area contributed by atoms with Crippen molar-refractivity contribution in [3.63, 3.8) is 0 Å². The number of H-pyrrole nitrogens is 1. The average Bonchev–Trinajstić information content (AvgIpc) is 3.07. The number of hydrogen-bond acceptors (Lipinski definition) is 3. The minimum absolute atomic E-state index is 0.0299. The first kappa shape index (κ1) is 12.4. The molecule has 5 nitrogen and oxygen atoms in total. The molecule has 3 heterocycles. The SMILES string of the molecule is COC(=O)[C@@H]1Cc2c([nH]c3ccccc23)C2CCC(=O)N21. The largest absolute Gasteiger partial charge is 0.467 e. The summed E-state index contributed by atoms with van der Waals surface area (Å²) < 4.78 is 4.91. The quantitative estimate of drug-likeness (QED) is 0.814. The van der Waals surface area contributed by atoms with Crippen LogP contribution in [0.25, 0.3) is 10.9 Å². The van der Waals surface area contributed by atoms with E-state index in [1.54, 1.807) is 4.90 Å². The second-order valence-corrected chi connectivity index (χ2v) is 5.66. The van der Waals surface area contributed by atoms with Crippen molar-refractivity contribution in [3.8, 4) is 0 Å². The number of nitrogens with zero attached hydrogens (tertiary/aromatic N) is 1. The second-order valence-electron chi connectivity index (χ2n) is 5.66. The van der Waals surface area contributed by atoms with E-state index in [2.05, 4.69) is 11.1 Å². The Labute approximate surface area is 121 Å². The van der Waals surface area contributed by atoms with E-state index in [4.69, 9.17) is 4.74 Å². The lowest BCUT2D eigenvalue weighted by Crippen LogP contribution is -2.48. The minimum Gasteiger partial charge on any atom is -0.467 e. The maximum Gasteiger partial charge on any atom is 0.328 e. The van der Waals surface area contributed by atoms with Gasteiger partial charge in [0, 0.05) is 29.4 Å². The number of benzene rings is 1. The summed E-state index contributed by atoms with van der Waals surface area (Å²) in [4.78, 5) is 29.4. The van der Waals surface area contributed by atoms with Crippen molar-refractivity contribution >= 4 is 22.8 Å². The summed E-state index contributed by atoms with van der Waals surface area (Å²) in [5.41, 5.74) is 3.30. The standard InChI is InChI=1S/C16H16N2O3/c1-21-16(20)13-8-10-9-4-2-3-5-11(9)17-15(10)12-6-7-14(19)18(12)13/h2-5,12-13,17H,6-8H2,1H3/t12?,13-/m0/s1. The number of carbonyl (C=O) groups excluding carboxylic acids is 2. The van der Waals surface area contributed by atoms with Gasteiger partial charge in [0.15, 0.2) is 0 Å². The van der Waals surface area contributed by atoms with Gasteiger partial charge in [-0.15, -0.1) is 0 Å². The summed E-state index contributed by atoms with van der Waals surface area (Å²) >= 11 is 0. The number of esters is 1. The predicted octanol–water partition coefficient (Wildman–Crippen LogP) is 1.93. The minimum atomic E-state index is -0.498. The van der Waals surface area contributed by atoms with Crippen molar-refractivity contribution in [1.29, 1.82) is 0 Å². The lowest BCUT2D eigenvalue weighted by molar-refractivity contribution is -0.153. The van der Waals surface area contributed by atoms with Crippen LogP contribution in [0.5, 0.6) is 0 Å². The van der Waals surface area contributed by atoms with Crippen molar-refractivity contribution in [2.24, 2.45) is 0 Å². The fraction of sp³-hybridized carbons (Fsp3) is 0.375. The lowest BCUT2D eigenvalue weighted by Gasteiger charge is -2.36. The van der Waals surface area contributed by atoms with Crippen LogP contribution in [0.15, 0.2) is 24.3 Å². The van der Waals surface area contributed by atoms with Gasteiger partial charge in [-0.2, -0.15) is 0 Å². The highest BCUT2D eigenvalue weighted by Crippen LogP contribution is 2.43. The molecular weight excluding hydrogens is 268 g/mol. The molecule has 0 bridgehead atoms. The zero-order valence-corrected chi connectivity index (χ0v) is 11.8. The number of methoxy groups -OCH3 is 1. The molecule has 2 aromatic rings. The zero-order chi connectivity index (χ0) is 14.6. The Kier molecular flexibility index (Phi) is 2.58. The normalized spacial score (nSPS) is 24.0. The van der Waals surface area contributed by atoms with Gasteiger partial charge in [-0.1, -0.05) is 18.2 Å². The molecular formula is C16H16N2O3. The molecule has 1 aromatic heterocycles. The van der Waals surface area contributed by atoms with E-state index in [1.807, 2.05) is 18.2 Å². The number of hydrogen-bond donors (Lipinski definition) is 1. The number of para-hydroxylation sites is 1. The fourth-order valence-electron chi connectivity index (χ4n) is 3.73. The molecule has 2 aliphatic rings. The van der Waals surface area contributed by atoms with Gasteiger partial charge in [-0.05, 0) is 18.1 Å². The Hall–Kier alpha value is -2.30. The monoisotopic (exact) mass is 284 g/mol. The number of fused-ring (bicyclic) bond motifs is 5. The first-order valence-electron chi connectivity index (χ1n) is 7.19. The van der Waals surface area contributed by atoms with E-state index >= 15 is 0 Å². The van der Waals surface area contributed by atoms with Crippen molar-refractivity contribution in [2.75, 3.05) is 7.11 Å². The number of aromatic nitrogens is 1. The van der Waals surface area contributed by atoms with Gasteiger partial charge in [0.1, 0.15) is 6.04 Å². The first-order valence-corrected chi connectivity index (χ1v) is 7.19. The van der Waals surface area contributed by atoms with Crippen molar-refractivity contribution in [3.05, 3.63) is 35.5 Å². The summed E-state index contributed by atoms with van der Waals surface area (Å²) in [5, 5.41) is 1.14. The van der Waals surface area contributed by atoms with Crippen LogP contribution in [0.3, 0.4) is 0 Å². The van der Waals surface area contributed by atoms with Crippen LogP contribution in [-0.2, 0) is 20.7 Å². The Morgan fingerprint density at radius 1 is 1.38 bits per heavy atom. The van der Waals surface area contributed by atoms with E-state index in [-0.39, 0.29) is 17.9 Å². The number of amides is 1. The van der Waals surface area contributed by atoms with Gasteiger partial charge < -0.3 is 14.6 Å². The van der Waals surface area contributed by atoms with Crippen LogP contribution in [0.4, 0.5) is 0 Å². The van der Waals surface area contributed by atoms with Crippen LogP contribution in [0, 0.1) is 0 Å². The van der Waals surface area contributed by atoms with Gasteiger partial charge in [0.25, 0.3) is 0 Å². The highest BCUT2D eigenvalue weighted by Gasteiger charge is 2.46. The van der Waals surface area contributed by atoms with Crippen LogP contribution >= 0.6 is 0 Å². The first-order chi connectivity index (χ1) is 10.2. The lowest BCUT2D eigenvalue weighted by atomic mass is 9.92. The van der Waals surface area contributed by atoms with Crippen LogP contribution in [-0.4, -0.2) is 34.9 Å². The third-order valence-corrected chi connectivity index (χ3v) is 4.64. The molecule has 4 rings (SSSR count). The third kappa shape index (κ3) is 1.63. The summed E-state index contributed by atoms with van der Waals surface area (Å²) in [7, 11) is 1.38. The van der Waals surface area contributed by atoms with Crippen molar-refractivity contribution < 1.29 is 14.3 Å². The molecule has 2 atom stereocenters. The van der Waals surface area contributed by atoms with Gasteiger partial charge >= 0.3 is 5.97 Å². The second kappa shape index (κ2) is 4.35. The van der Waals surface area contributed by atoms with E-state index < -0.39 is 6.04 Å². The fourth-order valence-corrected chi connectivity index (χ4v) is 3.73. The van der Waals surface area contributed by atoms with E-state index in [0.29, 0.717) is 12.8 Å². The van der Waals surface area contributed by atoms with Crippen molar-refractivity contribution in [2.45, 2.75) is 31.3 Å². The molecule has 1 aromatic carbocycles. The number of aromatic amines is 1. The van der Waals surface area contributed by atoms with E-state index in [0.717, 1.165) is 28.6 Å².